The van der Waals surface area contributed by atoms with Crippen LogP contribution in [0.3, 0.4) is 0 Å². The molecule has 4 heteroatoms. The third-order valence-corrected chi connectivity index (χ3v) is 3.78. The fourth-order valence-electron chi connectivity index (χ4n) is 1.79. The Hall–Kier alpha value is -1.81. The Labute approximate surface area is 115 Å². The number of hydrogen-bond acceptors (Lipinski definition) is 2. The Morgan fingerprint density at radius 3 is 2.53 bits per heavy atom. The summed E-state index contributed by atoms with van der Waals surface area (Å²) in [6.45, 7) is 1.95. The largest absolute Gasteiger partial charge is 0.369 e. The molecule has 0 saturated carbocycles. The van der Waals surface area contributed by atoms with E-state index in [1.807, 2.05) is 31.2 Å². The Bertz CT molecular complexity index is 596. The Morgan fingerprint density at radius 1 is 1.21 bits per heavy atom. The lowest BCUT2D eigenvalue weighted by Crippen LogP contribution is -2.12. The number of carbonyl (C=O) groups excluding carboxylic acids is 1. The van der Waals surface area contributed by atoms with Gasteiger partial charge in [0.05, 0.1) is 5.75 Å². The molecule has 2 aromatic rings. The molecule has 0 radical (unpaired) electrons. The zero-order chi connectivity index (χ0) is 13.8. The minimum atomic E-state index is -0.338. The maximum atomic E-state index is 13.3. The second-order valence-electron chi connectivity index (χ2n) is 4.24. The highest BCUT2D eigenvalue weighted by Crippen LogP contribution is 2.27. The lowest BCUT2D eigenvalue weighted by atomic mass is 10.0. The van der Waals surface area contributed by atoms with Crippen molar-refractivity contribution < 1.29 is 9.18 Å². The molecule has 2 N–H and O–H groups in total. The van der Waals surface area contributed by atoms with E-state index in [0.717, 1.165) is 21.6 Å². The van der Waals surface area contributed by atoms with Crippen LogP contribution < -0.4 is 5.73 Å². The Balaban J connectivity index is 2.22. The first kappa shape index (κ1) is 13.6. The van der Waals surface area contributed by atoms with Crippen LogP contribution in [0, 0.1) is 12.7 Å². The van der Waals surface area contributed by atoms with E-state index in [0.29, 0.717) is 0 Å². The molecule has 0 saturated heterocycles. The first-order chi connectivity index (χ1) is 9.06. The van der Waals surface area contributed by atoms with E-state index in [1.54, 1.807) is 6.07 Å². The third kappa shape index (κ3) is 3.58. The summed E-state index contributed by atoms with van der Waals surface area (Å²) in [7, 11) is 0. The minimum absolute atomic E-state index is 0.243. The van der Waals surface area contributed by atoms with Crippen molar-refractivity contribution in [2.75, 3.05) is 5.75 Å². The summed E-state index contributed by atoms with van der Waals surface area (Å²) in [5, 5.41) is 0. The van der Waals surface area contributed by atoms with Crippen molar-refractivity contribution in [1.82, 2.24) is 0 Å². The standard InChI is InChI=1S/C15H14FNOS/c1-10-2-5-12(16)8-14(10)11-3-6-13(7-4-11)19-9-15(17)18/h2-8H,9H2,1H3,(H2,17,18). The quantitative estimate of drug-likeness (QED) is 0.869. The lowest BCUT2D eigenvalue weighted by Gasteiger charge is -2.07. The predicted molar refractivity (Wildman–Crippen MR) is 76.5 cm³/mol. The Morgan fingerprint density at radius 2 is 1.89 bits per heavy atom. The molecular weight excluding hydrogens is 261 g/mol. The number of amides is 1. The number of aryl methyl sites for hydroxylation is 1. The van der Waals surface area contributed by atoms with Crippen molar-refractivity contribution in [3.05, 3.63) is 53.8 Å². The van der Waals surface area contributed by atoms with E-state index < -0.39 is 0 Å². The van der Waals surface area contributed by atoms with Gasteiger partial charge < -0.3 is 5.73 Å². The van der Waals surface area contributed by atoms with Gasteiger partial charge in [-0.1, -0.05) is 18.2 Å². The normalized spacial score (nSPS) is 10.4. The molecule has 0 bridgehead atoms. The highest BCUT2D eigenvalue weighted by molar-refractivity contribution is 8.00. The van der Waals surface area contributed by atoms with E-state index in [-0.39, 0.29) is 17.5 Å². The molecule has 0 aliphatic rings. The average molecular weight is 275 g/mol. The van der Waals surface area contributed by atoms with Crippen LogP contribution in [0.25, 0.3) is 11.1 Å². The molecule has 0 atom stereocenters. The van der Waals surface area contributed by atoms with Gasteiger partial charge >= 0.3 is 0 Å². The molecule has 19 heavy (non-hydrogen) atoms. The van der Waals surface area contributed by atoms with Crippen molar-refractivity contribution in [1.29, 1.82) is 0 Å². The Kier molecular flexibility index (Phi) is 4.22. The lowest BCUT2D eigenvalue weighted by molar-refractivity contribution is -0.115. The van der Waals surface area contributed by atoms with Crippen LogP contribution in [0.2, 0.25) is 0 Å². The topological polar surface area (TPSA) is 43.1 Å². The average Bonchev–Trinajstić information content (AvgIpc) is 2.40. The summed E-state index contributed by atoms with van der Waals surface area (Å²) in [5.41, 5.74) is 7.96. The number of hydrogen-bond donors (Lipinski definition) is 1. The molecule has 98 valence electrons. The van der Waals surface area contributed by atoms with Crippen LogP contribution in [-0.4, -0.2) is 11.7 Å². The minimum Gasteiger partial charge on any atom is -0.369 e. The number of thioether (sulfide) groups is 1. The van der Waals surface area contributed by atoms with E-state index in [2.05, 4.69) is 0 Å². The van der Waals surface area contributed by atoms with Gasteiger partial charge in [-0.15, -0.1) is 11.8 Å². The van der Waals surface area contributed by atoms with Crippen LogP contribution >= 0.6 is 11.8 Å². The molecular formula is C15H14FNOS. The van der Waals surface area contributed by atoms with Gasteiger partial charge in [-0.25, -0.2) is 4.39 Å². The van der Waals surface area contributed by atoms with E-state index in [4.69, 9.17) is 5.73 Å². The fraction of sp³-hybridized carbons (Fsp3) is 0.133. The SMILES string of the molecule is Cc1ccc(F)cc1-c1ccc(SCC(N)=O)cc1. The second kappa shape index (κ2) is 5.89. The van der Waals surface area contributed by atoms with E-state index in [9.17, 15) is 9.18 Å². The number of carbonyl (C=O) groups is 1. The smallest absolute Gasteiger partial charge is 0.227 e. The fourth-order valence-corrected chi connectivity index (χ4v) is 2.43. The maximum absolute atomic E-state index is 13.3. The molecule has 0 aliphatic carbocycles. The molecule has 0 spiro atoms. The summed E-state index contributed by atoms with van der Waals surface area (Å²) in [5.74, 6) is -0.318. The maximum Gasteiger partial charge on any atom is 0.227 e. The highest BCUT2D eigenvalue weighted by atomic mass is 32.2. The summed E-state index contributed by atoms with van der Waals surface area (Å²) < 4.78 is 13.3. The zero-order valence-electron chi connectivity index (χ0n) is 10.5. The van der Waals surface area contributed by atoms with Gasteiger partial charge in [0, 0.05) is 4.90 Å². The molecule has 0 heterocycles. The van der Waals surface area contributed by atoms with Crippen LogP contribution in [0.1, 0.15) is 5.56 Å². The van der Waals surface area contributed by atoms with Crippen LogP contribution in [0.5, 0.6) is 0 Å². The van der Waals surface area contributed by atoms with Crippen molar-refractivity contribution in [3.8, 4) is 11.1 Å². The molecule has 0 unspecified atom stereocenters. The summed E-state index contributed by atoms with van der Waals surface area (Å²) in [6.07, 6.45) is 0. The number of nitrogens with two attached hydrogens (primary N) is 1. The first-order valence-corrected chi connectivity index (χ1v) is 6.82. The van der Waals surface area contributed by atoms with Crippen molar-refractivity contribution in [3.63, 3.8) is 0 Å². The number of benzene rings is 2. The van der Waals surface area contributed by atoms with Crippen molar-refractivity contribution >= 4 is 17.7 Å². The van der Waals surface area contributed by atoms with Gasteiger partial charge in [-0.3, -0.25) is 4.79 Å². The van der Waals surface area contributed by atoms with E-state index >= 15 is 0 Å². The van der Waals surface area contributed by atoms with Crippen molar-refractivity contribution in [2.45, 2.75) is 11.8 Å². The number of halogens is 1. The van der Waals surface area contributed by atoms with Gasteiger partial charge in [0.2, 0.25) is 5.91 Å². The van der Waals surface area contributed by atoms with Crippen molar-refractivity contribution in [2.24, 2.45) is 5.73 Å². The molecule has 0 aromatic heterocycles. The predicted octanol–water partition coefficient (Wildman–Crippen LogP) is 3.38. The van der Waals surface area contributed by atoms with Gasteiger partial charge in [0.15, 0.2) is 0 Å². The second-order valence-corrected chi connectivity index (χ2v) is 5.29. The molecule has 2 nitrogen and oxygen atoms in total. The van der Waals surface area contributed by atoms with Crippen LogP contribution in [0.15, 0.2) is 47.4 Å². The molecule has 0 fully saturated rings. The van der Waals surface area contributed by atoms with Crippen LogP contribution in [-0.2, 0) is 4.79 Å². The first-order valence-electron chi connectivity index (χ1n) is 5.84. The monoisotopic (exact) mass is 275 g/mol. The van der Waals surface area contributed by atoms with Gasteiger partial charge in [-0.05, 0) is 47.9 Å². The number of rotatable bonds is 4. The number of primary amides is 1. The molecule has 1 amide bonds. The summed E-state index contributed by atoms with van der Waals surface area (Å²) in [6, 6.07) is 12.4. The molecule has 0 aliphatic heterocycles. The van der Waals surface area contributed by atoms with Gasteiger partial charge in [0.25, 0.3) is 0 Å². The summed E-state index contributed by atoms with van der Waals surface area (Å²) >= 11 is 1.39. The zero-order valence-corrected chi connectivity index (χ0v) is 11.3. The summed E-state index contributed by atoms with van der Waals surface area (Å²) in [4.78, 5) is 11.7. The van der Waals surface area contributed by atoms with Crippen LogP contribution in [0.4, 0.5) is 4.39 Å². The third-order valence-electron chi connectivity index (χ3n) is 2.75. The molecule has 2 rings (SSSR count). The highest BCUT2D eigenvalue weighted by Gasteiger charge is 2.04. The van der Waals surface area contributed by atoms with Gasteiger partial charge in [-0.2, -0.15) is 0 Å². The van der Waals surface area contributed by atoms with E-state index in [1.165, 1.54) is 23.9 Å². The molecule has 2 aromatic carbocycles. The van der Waals surface area contributed by atoms with Gasteiger partial charge in [0.1, 0.15) is 5.82 Å².